The molecule has 4 heteroatoms. The van der Waals surface area contributed by atoms with Gasteiger partial charge in [0.1, 0.15) is 0 Å². The lowest BCUT2D eigenvalue weighted by Gasteiger charge is -2.08. The molecule has 0 radical (unpaired) electrons. The highest BCUT2D eigenvalue weighted by Gasteiger charge is 2.22. The van der Waals surface area contributed by atoms with Crippen LogP contribution in [0.5, 0.6) is 0 Å². The zero-order chi connectivity index (χ0) is 16.3. The van der Waals surface area contributed by atoms with Gasteiger partial charge in [-0.2, -0.15) is 0 Å². The van der Waals surface area contributed by atoms with Crippen molar-refractivity contribution >= 4 is 11.8 Å². The molecule has 0 bridgehead atoms. The highest BCUT2D eigenvalue weighted by Crippen LogP contribution is 2.33. The Balaban J connectivity index is 2.59. The summed E-state index contributed by atoms with van der Waals surface area (Å²) in [6.07, 6.45) is 0.840. The van der Waals surface area contributed by atoms with Crippen LogP contribution in [0.15, 0.2) is 30.3 Å². The molecule has 1 heterocycles. The van der Waals surface area contributed by atoms with Gasteiger partial charge >= 0.3 is 5.97 Å². The maximum atomic E-state index is 12.1. The first-order valence-electron chi connectivity index (χ1n) is 7.28. The van der Waals surface area contributed by atoms with Crippen molar-refractivity contribution in [3.63, 3.8) is 0 Å². The minimum atomic E-state index is -0.248. The predicted octanol–water partition coefficient (Wildman–Crippen LogP) is 3.31. The molecule has 4 nitrogen and oxygen atoms in total. The number of carbonyl (C=O) groups is 2. The van der Waals surface area contributed by atoms with Crippen LogP contribution in [-0.4, -0.2) is 23.4 Å². The lowest BCUT2D eigenvalue weighted by atomic mass is 9.96. The summed E-state index contributed by atoms with van der Waals surface area (Å²) in [4.78, 5) is 23.6. The zero-order valence-corrected chi connectivity index (χ0v) is 13.5. The van der Waals surface area contributed by atoms with Gasteiger partial charge in [0.15, 0.2) is 5.78 Å². The molecule has 22 heavy (non-hydrogen) atoms. The summed E-state index contributed by atoms with van der Waals surface area (Å²) in [7, 11) is 3.32. The Morgan fingerprint density at radius 1 is 1.18 bits per heavy atom. The molecule has 2 rings (SSSR count). The van der Waals surface area contributed by atoms with Gasteiger partial charge in [0, 0.05) is 29.6 Å². The van der Waals surface area contributed by atoms with E-state index in [0.29, 0.717) is 12.8 Å². The average molecular weight is 299 g/mol. The van der Waals surface area contributed by atoms with E-state index in [1.807, 2.05) is 48.9 Å². The number of hydrogen-bond acceptors (Lipinski definition) is 3. The number of nitrogens with zero attached hydrogens (tertiary/aromatic N) is 1. The number of ketones is 1. The van der Waals surface area contributed by atoms with E-state index in [2.05, 4.69) is 0 Å². The fourth-order valence-corrected chi connectivity index (χ4v) is 2.82. The molecule has 1 aromatic heterocycles. The fraction of sp³-hybridized carbons (Fsp3) is 0.333. The number of hydrogen-bond donors (Lipinski definition) is 0. The molecule has 116 valence electrons. The van der Waals surface area contributed by atoms with Gasteiger partial charge in [-0.15, -0.1) is 0 Å². The number of benzene rings is 1. The van der Waals surface area contributed by atoms with E-state index in [0.717, 1.165) is 28.1 Å². The molecule has 0 unspecified atom stereocenters. The molecule has 0 aliphatic rings. The van der Waals surface area contributed by atoms with Crippen LogP contribution in [0.4, 0.5) is 0 Å². The first kappa shape index (κ1) is 16.0. The summed E-state index contributed by atoms with van der Waals surface area (Å²) in [6, 6.07) is 9.82. The summed E-state index contributed by atoms with van der Waals surface area (Å²) in [6.45, 7) is 3.52. The maximum absolute atomic E-state index is 12.1. The van der Waals surface area contributed by atoms with Crippen molar-refractivity contribution in [3.8, 4) is 11.1 Å². The molecule has 0 N–H and O–H groups in total. The molecular weight excluding hydrogens is 278 g/mol. The molecule has 0 aliphatic heterocycles. The zero-order valence-electron chi connectivity index (χ0n) is 13.5. The Morgan fingerprint density at radius 2 is 1.82 bits per heavy atom. The monoisotopic (exact) mass is 299 g/mol. The van der Waals surface area contributed by atoms with Gasteiger partial charge in [-0.1, -0.05) is 30.3 Å². The smallest absolute Gasteiger partial charge is 0.305 e. The summed E-state index contributed by atoms with van der Waals surface area (Å²) in [5, 5.41) is 0. The van der Waals surface area contributed by atoms with Crippen molar-refractivity contribution in [2.45, 2.75) is 26.7 Å². The van der Waals surface area contributed by atoms with Crippen LogP contribution in [0, 0.1) is 6.92 Å². The lowest BCUT2D eigenvalue weighted by molar-refractivity contribution is -0.140. The summed E-state index contributed by atoms with van der Waals surface area (Å²) in [5.41, 5.74) is 4.56. The third kappa shape index (κ3) is 2.96. The topological polar surface area (TPSA) is 48.3 Å². The van der Waals surface area contributed by atoms with E-state index in [4.69, 9.17) is 4.74 Å². The number of Topliss-reactive ketones (excluding diaryl/α,β-unsaturated/α-hetero) is 1. The number of rotatable bonds is 5. The van der Waals surface area contributed by atoms with Crippen molar-refractivity contribution in [2.75, 3.05) is 7.11 Å². The van der Waals surface area contributed by atoms with Crippen LogP contribution in [-0.2, 0) is 23.0 Å². The first-order valence-corrected chi connectivity index (χ1v) is 7.28. The van der Waals surface area contributed by atoms with Crippen molar-refractivity contribution in [1.82, 2.24) is 4.57 Å². The van der Waals surface area contributed by atoms with Gasteiger partial charge in [-0.25, -0.2) is 0 Å². The van der Waals surface area contributed by atoms with Gasteiger partial charge in [-0.05, 0) is 25.8 Å². The second kappa shape index (κ2) is 6.60. The Morgan fingerprint density at radius 3 is 2.36 bits per heavy atom. The average Bonchev–Trinajstić information content (AvgIpc) is 2.77. The quantitative estimate of drug-likeness (QED) is 0.628. The Kier molecular flexibility index (Phi) is 4.81. The Bertz CT molecular complexity index is 699. The highest BCUT2D eigenvalue weighted by molar-refractivity contribution is 6.03. The second-order valence-corrected chi connectivity index (χ2v) is 5.34. The van der Waals surface area contributed by atoms with Gasteiger partial charge < -0.3 is 9.30 Å². The van der Waals surface area contributed by atoms with Crippen LogP contribution in [0.1, 0.15) is 35.1 Å². The fourth-order valence-electron chi connectivity index (χ4n) is 2.82. The van der Waals surface area contributed by atoms with Crippen LogP contribution >= 0.6 is 0 Å². The largest absolute Gasteiger partial charge is 0.469 e. The molecule has 1 aromatic carbocycles. The van der Waals surface area contributed by atoms with Gasteiger partial charge in [0.25, 0.3) is 0 Å². The summed E-state index contributed by atoms with van der Waals surface area (Å²) in [5.74, 6) is -0.210. The summed E-state index contributed by atoms with van der Waals surface area (Å²) >= 11 is 0. The SMILES string of the molecule is COC(=O)CCc1c(-c2ccccc2)c(C(C)=O)c(C)n1C. The maximum Gasteiger partial charge on any atom is 0.305 e. The van der Waals surface area contributed by atoms with E-state index in [-0.39, 0.29) is 11.8 Å². The third-order valence-electron chi connectivity index (χ3n) is 4.02. The first-order chi connectivity index (χ1) is 10.5. The standard InChI is InChI=1S/C18H21NO3/c1-12-17(13(2)20)18(14-8-6-5-7-9-14)15(19(12)3)10-11-16(21)22-4/h5-9H,10-11H2,1-4H3. The molecule has 0 aliphatic carbocycles. The number of esters is 1. The second-order valence-electron chi connectivity index (χ2n) is 5.34. The van der Waals surface area contributed by atoms with Crippen LogP contribution in [0.3, 0.4) is 0 Å². The van der Waals surface area contributed by atoms with Crippen LogP contribution < -0.4 is 0 Å². The Hall–Kier alpha value is -2.36. The van der Waals surface area contributed by atoms with E-state index >= 15 is 0 Å². The number of methoxy groups -OCH3 is 1. The highest BCUT2D eigenvalue weighted by atomic mass is 16.5. The molecule has 0 fully saturated rings. The van der Waals surface area contributed by atoms with Crippen LogP contribution in [0.25, 0.3) is 11.1 Å². The number of ether oxygens (including phenoxy) is 1. The predicted molar refractivity (Wildman–Crippen MR) is 85.9 cm³/mol. The van der Waals surface area contributed by atoms with Crippen molar-refractivity contribution < 1.29 is 14.3 Å². The van der Waals surface area contributed by atoms with Gasteiger partial charge in [-0.3, -0.25) is 9.59 Å². The van der Waals surface area contributed by atoms with E-state index in [1.165, 1.54) is 7.11 Å². The van der Waals surface area contributed by atoms with Crippen LogP contribution in [0.2, 0.25) is 0 Å². The third-order valence-corrected chi connectivity index (χ3v) is 4.02. The van der Waals surface area contributed by atoms with E-state index in [1.54, 1.807) is 6.92 Å². The minimum Gasteiger partial charge on any atom is -0.469 e. The molecule has 0 atom stereocenters. The number of aromatic nitrogens is 1. The molecule has 2 aromatic rings. The van der Waals surface area contributed by atoms with Crippen molar-refractivity contribution in [2.24, 2.45) is 7.05 Å². The van der Waals surface area contributed by atoms with Gasteiger partial charge in [0.2, 0.25) is 0 Å². The van der Waals surface area contributed by atoms with E-state index < -0.39 is 0 Å². The molecule has 0 saturated carbocycles. The lowest BCUT2D eigenvalue weighted by Crippen LogP contribution is -2.06. The summed E-state index contributed by atoms with van der Waals surface area (Å²) < 4.78 is 6.73. The van der Waals surface area contributed by atoms with Crippen molar-refractivity contribution in [3.05, 3.63) is 47.3 Å². The molecule has 0 spiro atoms. The normalized spacial score (nSPS) is 10.5. The Labute approximate surface area is 130 Å². The minimum absolute atomic E-state index is 0.0382. The van der Waals surface area contributed by atoms with E-state index in [9.17, 15) is 9.59 Å². The van der Waals surface area contributed by atoms with Gasteiger partial charge in [0.05, 0.1) is 13.5 Å². The number of carbonyl (C=O) groups excluding carboxylic acids is 2. The van der Waals surface area contributed by atoms with Crippen molar-refractivity contribution in [1.29, 1.82) is 0 Å². The molecule has 0 amide bonds. The molecule has 0 saturated heterocycles. The molecular formula is C18H21NO3.